The number of halogens is 1. The van der Waals surface area contributed by atoms with E-state index in [1.165, 1.54) is 6.07 Å². The van der Waals surface area contributed by atoms with Crippen molar-refractivity contribution >= 4 is 5.91 Å². The molecular weight excluding hydrogens is 431 g/mol. The van der Waals surface area contributed by atoms with Crippen LogP contribution in [0.2, 0.25) is 0 Å². The van der Waals surface area contributed by atoms with Gasteiger partial charge in [-0.15, -0.1) is 0 Å². The third kappa shape index (κ3) is 3.36. The lowest BCUT2D eigenvalue weighted by Crippen LogP contribution is -2.48. The Morgan fingerprint density at radius 1 is 0.912 bits per heavy atom. The standard InChI is InChI=1S/C28H27FN2O3/c1-31-21-12-13-22(31)17-20(16-21)30-27(32)23-14-15-24-26(25(23)29)34-28(33-24,18-8-4-2-5-9-18)19-10-6-3-7-11-19/h2-11,14-15,20-22H,12-13,16-17H2,1H3,(H,30,32)/t20?,21-,22+. The highest BCUT2D eigenvalue weighted by atomic mass is 19.1. The number of carbonyl (C=O) groups is 1. The number of hydrogen-bond donors (Lipinski definition) is 1. The Morgan fingerprint density at radius 2 is 1.50 bits per heavy atom. The SMILES string of the molecule is CN1[C@@H]2CC[C@H]1CC(NC(=O)c1ccc3c(c1F)OC(c1ccccc1)(c1ccccc1)O3)C2. The zero-order chi connectivity index (χ0) is 23.3. The molecular formula is C28H27FN2O3. The number of benzene rings is 3. The molecule has 3 aliphatic heterocycles. The summed E-state index contributed by atoms with van der Waals surface area (Å²) in [7, 11) is 2.16. The van der Waals surface area contributed by atoms with Gasteiger partial charge in [-0.3, -0.25) is 4.79 Å². The van der Waals surface area contributed by atoms with Crippen molar-refractivity contribution in [2.75, 3.05) is 7.05 Å². The molecule has 3 atom stereocenters. The first-order chi connectivity index (χ1) is 16.5. The van der Waals surface area contributed by atoms with E-state index >= 15 is 4.39 Å². The smallest absolute Gasteiger partial charge is 0.305 e. The summed E-state index contributed by atoms with van der Waals surface area (Å²) >= 11 is 0. The van der Waals surface area contributed by atoms with Crippen LogP contribution in [0, 0.1) is 5.82 Å². The third-order valence-electron chi connectivity index (χ3n) is 7.55. The number of nitrogens with one attached hydrogen (secondary N) is 1. The highest BCUT2D eigenvalue weighted by Gasteiger charge is 2.47. The van der Waals surface area contributed by atoms with E-state index in [1.54, 1.807) is 6.07 Å². The summed E-state index contributed by atoms with van der Waals surface area (Å²) in [5, 5.41) is 3.07. The Bertz CT molecular complexity index is 1160. The third-order valence-corrected chi connectivity index (χ3v) is 7.55. The summed E-state index contributed by atoms with van der Waals surface area (Å²) in [5.41, 5.74) is 1.46. The molecule has 3 heterocycles. The van der Waals surface area contributed by atoms with Gasteiger partial charge in [-0.2, -0.15) is 0 Å². The number of nitrogens with zero attached hydrogens (tertiary/aromatic N) is 1. The molecule has 1 N–H and O–H groups in total. The summed E-state index contributed by atoms with van der Waals surface area (Å²) < 4.78 is 28.2. The molecule has 34 heavy (non-hydrogen) atoms. The molecule has 5 nitrogen and oxygen atoms in total. The van der Waals surface area contributed by atoms with E-state index in [9.17, 15) is 4.79 Å². The molecule has 2 fully saturated rings. The van der Waals surface area contributed by atoms with E-state index in [-0.39, 0.29) is 23.1 Å². The second-order valence-electron chi connectivity index (χ2n) is 9.50. The fourth-order valence-corrected chi connectivity index (χ4v) is 5.72. The summed E-state index contributed by atoms with van der Waals surface area (Å²) in [4.78, 5) is 15.5. The number of carbonyl (C=O) groups excluding carboxylic acids is 1. The Hall–Kier alpha value is -3.38. The number of amides is 1. The van der Waals surface area contributed by atoms with Gasteiger partial charge < -0.3 is 19.7 Å². The molecule has 3 aromatic rings. The van der Waals surface area contributed by atoms with Gasteiger partial charge in [0, 0.05) is 29.3 Å². The Morgan fingerprint density at radius 3 is 2.09 bits per heavy atom. The van der Waals surface area contributed by atoms with Crippen molar-refractivity contribution in [2.45, 2.75) is 49.6 Å². The van der Waals surface area contributed by atoms with Crippen molar-refractivity contribution in [3.8, 4) is 11.5 Å². The molecule has 3 aromatic carbocycles. The van der Waals surface area contributed by atoms with Crippen molar-refractivity contribution in [1.29, 1.82) is 0 Å². The van der Waals surface area contributed by atoms with Crippen LogP contribution in [0.25, 0.3) is 0 Å². The lowest BCUT2D eigenvalue weighted by molar-refractivity contribution is -0.0472. The highest BCUT2D eigenvalue weighted by molar-refractivity contribution is 5.95. The minimum atomic E-state index is -1.33. The Balaban J connectivity index is 1.30. The van der Waals surface area contributed by atoms with Crippen LogP contribution in [0.4, 0.5) is 4.39 Å². The topological polar surface area (TPSA) is 50.8 Å². The first-order valence-electron chi connectivity index (χ1n) is 11.9. The molecule has 2 bridgehead atoms. The van der Waals surface area contributed by atoms with Crippen molar-refractivity contribution in [2.24, 2.45) is 0 Å². The van der Waals surface area contributed by atoms with Gasteiger partial charge in [0.1, 0.15) is 0 Å². The minimum Gasteiger partial charge on any atom is -0.440 e. The average molecular weight is 459 g/mol. The van der Waals surface area contributed by atoms with E-state index in [4.69, 9.17) is 9.47 Å². The Kier molecular flexibility index (Phi) is 5.06. The molecule has 6 heteroatoms. The van der Waals surface area contributed by atoms with E-state index in [0.29, 0.717) is 12.1 Å². The number of rotatable bonds is 4. The first kappa shape index (κ1) is 21.2. The molecule has 0 aromatic heterocycles. The molecule has 2 saturated heterocycles. The van der Waals surface area contributed by atoms with Gasteiger partial charge in [-0.1, -0.05) is 60.7 Å². The molecule has 0 saturated carbocycles. The zero-order valence-electron chi connectivity index (χ0n) is 19.0. The number of ether oxygens (including phenoxy) is 2. The molecule has 3 aliphatic rings. The summed E-state index contributed by atoms with van der Waals surface area (Å²) in [6, 6.07) is 23.1. The van der Waals surface area contributed by atoms with Gasteiger partial charge in [-0.25, -0.2) is 4.39 Å². The van der Waals surface area contributed by atoms with E-state index in [0.717, 1.165) is 36.8 Å². The molecule has 1 amide bonds. The van der Waals surface area contributed by atoms with Crippen molar-refractivity contribution in [3.05, 3.63) is 95.3 Å². The monoisotopic (exact) mass is 458 g/mol. The molecule has 0 spiro atoms. The van der Waals surface area contributed by atoms with E-state index in [2.05, 4.69) is 17.3 Å². The quantitative estimate of drug-likeness (QED) is 0.607. The van der Waals surface area contributed by atoms with Crippen LogP contribution in [0.3, 0.4) is 0 Å². The van der Waals surface area contributed by atoms with Crippen LogP contribution in [0.15, 0.2) is 72.8 Å². The molecule has 6 rings (SSSR count). The maximum absolute atomic E-state index is 15.7. The first-order valence-corrected chi connectivity index (χ1v) is 11.9. The fraction of sp³-hybridized carbons (Fsp3) is 0.321. The normalized spacial score (nSPS) is 24.7. The molecule has 1 unspecified atom stereocenters. The summed E-state index contributed by atoms with van der Waals surface area (Å²) in [6.07, 6.45) is 4.12. The van der Waals surface area contributed by atoms with Crippen LogP contribution >= 0.6 is 0 Å². The second kappa shape index (κ2) is 8.13. The van der Waals surface area contributed by atoms with Crippen LogP contribution in [0.1, 0.15) is 47.2 Å². The minimum absolute atomic E-state index is 0.0226. The van der Waals surface area contributed by atoms with Crippen molar-refractivity contribution in [1.82, 2.24) is 10.2 Å². The van der Waals surface area contributed by atoms with Gasteiger partial charge in [0.2, 0.25) is 5.75 Å². The van der Waals surface area contributed by atoms with Crippen LogP contribution in [-0.2, 0) is 5.79 Å². The summed E-state index contributed by atoms with van der Waals surface area (Å²) in [5.74, 6) is -2.19. The van der Waals surface area contributed by atoms with Crippen LogP contribution in [-0.4, -0.2) is 36.0 Å². The van der Waals surface area contributed by atoms with Gasteiger partial charge >= 0.3 is 5.79 Å². The van der Waals surface area contributed by atoms with Gasteiger partial charge in [0.05, 0.1) is 5.56 Å². The molecule has 174 valence electrons. The maximum atomic E-state index is 15.7. The predicted molar refractivity (Wildman–Crippen MR) is 126 cm³/mol. The average Bonchev–Trinajstić information content (AvgIpc) is 3.35. The second-order valence-corrected chi connectivity index (χ2v) is 9.50. The molecule has 0 aliphatic carbocycles. The van der Waals surface area contributed by atoms with Crippen LogP contribution < -0.4 is 14.8 Å². The lowest BCUT2D eigenvalue weighted by atomic mass is 9.97. The summed E-state index contributed by atoms with van der Waals surface area (Å²) in [6.45, 7) is 0. The van der Waals surface area contributed by atoms with E-state index < -0.39 is 17.5 Å². The predicted octanol–water partition coefficient (Wildman–Crippen LogP) is 4.85. The maximum Gasteiger partial charge on any atom is 0.305 e. The van der Waals surface area contributed by atoms with Crippen molar-refractivity contribution < 1.29 is 18.7 Å². The zero-order valence-corrected chi connectivity index (χ0v) is 19.0. The van der Waals surface area contributed by atoms with E-state index in [1.807, 2.05) is 60.7 Å². The number of hydrogen-bond acceptors (Lipinski definition) is 4. The molecule has 0 radical (unpaired) electrons. The fourth-order valence-electron chi connectivity index (χ4n) is 5.72. The lowest BCUT2D eigenvalue weighted by Gasteiger charge is -2.36. The number of fused-ring (bicyclic) bond motifs is 3. The Labute approximate surface area is 198 Å². The van der Waals surface area contributed by atoms with Gasteiger partial charge in [0.15, 0.2) is 11.6 Å². The van der Waals surface area contributed by atoms with Crippen LogP contribution in [0.5, 0.6) is 11.5 Å². The van der Waals surface area contributed by atoms with Gasteiger partial charge in [0.25, 0.3) is 5.91 Å². The van der Waals surface area contributed by atoms with Gasteiger partial charge in [-0.05, 0) is 44.9 Å². The number of piperidine rings is 1. The van der Waals surface area contributed by atoms with Crippen molar-refractivity contribution in [3.63, 3.8) is 0 Å². The highest BCUT2D eigenvalue weighted by Crippen LogP contribution is 2.49. The largest absolute Gasteiger partial charge is 0.440 e.